The average molecular weight is 384 g/mol. The third-order valence-electron chi connectivity index (χ3n) is 5.72. The number of nitrogens with zero attached hydrogens (tertiary/aromatic N) is 3. The molecule has 1 saturated carbocycles. The molecule has 0 saturated heterocycles. The number of methoxy groups -OCH3 is 1. The molecule has 1 aromatic heterocycles. The summed E-state index contributed by atoms with van der Waals surface area (Å²) in [6, 6.07) is 7.87. The molecule has 2 aromatic rings. The number of nitrogens with one attached hydrogen (secondary N) is 1. The van der Waals surface area contributed by atoms with Gasteiger partial charge >= 0.3 is 5.69 Å². The van der Waals surface area contributed by atoms with E-state index in [2.05, 4.69) is 10.4 Å². The minimum Gasteiger partial charge on any atom is -0.496 e. The van der Waals surface area contributed by atoms with Crippen molar-refractivity contribution in [3.8, 4) is 5.75 Å². The number of aromatic nitrogens is 3. The predicted octanol–water partition coefficient (Wildman–Crippen LogP) is 1.92. The Morgan fingerprint density at radius 3 is 2.86 bits per heavy atom. The van der Waals surface area contributed by atoms with Crippen LogP contribution in [0.25, 0.3) is 0 Å². The van der Waals surface area contributed by atoms with Gasteiger partial charge in [-0.05, 0) is 49.7 Å². The van der Waals surface area contributed by atoms with Gasteiger partial charge in [-0.25, -0.2) is 9.48 Å². The molecule has 1 unspecified atom stereocenters. The number of carbonyl (C=O) groups excluding carboxylic acids is 1. The quantitative estimate of drug-likeness (QED) is 0.791. The molecule has 1 atom stereocenters. The Hall–Kier alpha value is -2.57. The molecule has 0 bridgehead atoms. The fourth-order valence-electron chi connectivity index (χ4n) is 3.89. The SMILES string of the molecule is COc1ccccc1CCC(=O)NC1CCc2nn(CC3CC3)c(=O)n2CC1. The lowest BCUT2D eigenvalue weighted by Crippen LogP contribution is -2.36. The number of fused-ring (bicyclic) bond motifs is 1. The summed E-state index contributed by atoms with van der Waals surface area (Å²) in [5, 5.41) is 7.68. The van der Waals surface area contributed by atoms with E-state index in [9.17, 15) is 9.59 Å². The van der Waals surface area contributed by atoms with Crippen LogP contribution in [0.1, 0.15) is 43.5 Å². The van der Waals surface area contributed by atoms with Gasteiger partial charge in [0, 0.05) is 32.0 Å². The van der Waals surface area contributed by atoms with Crippen LogP contribution in [0.3, 0.4) is 0 Å². The first kappa shape index (κ1) is 18.8. The number of para-hydroxylation sites is 1. The molecule has 1 amide bonds. The smallest absolute Gasteiger partial charge is 0.345 e. The van der Waals surface area contributed by atoms with Crippen molar-refractivity contribution in [2.45, 2.75) is 64.1 Å². The van der Waals surface area contributed by atoms with Gasteiger partial charge in [0.15, 0.2) is 0 Å². The van der Waals surface area contributed by atoms with Crippen LogP contribution < -0.4 is 15.7 Å². The summed E-state index contributed by atoms with van der Waals surface area (Å²) < 4.78 is 8.78. The molecule has 150 valence electrons. The van der Waals surface area contributed by atoms with Crippen LogP contribution in [0.4, 0.5) is 0 Å². The Bertz CT molecular complexity index is 897. The van der Waals surface area contributed by atoms with Crippen molar-refractivity contribution in [2.24, 2.45) is 5.92 Å². The zero-order valence-electron chi connectivity index (χ0n) is 16.4. The highest BCUT2D eigenvalue weighted by Crippen LogP contribution is 2.30. The number of ether oxygens (including phenoxy) is 1. The molecular formula is C21H28N4O3. The van der Waals surface area contributed by atoms with Crippen LogP contribution in [0.5, 0.6) is 5.75 Å². The molecule has 4 rings (SSSR count). The van der Waals surface area contributed by atoms with Crippen LogP contribution in [-0.4, -0.2) is 33.4 Å². The summed E-state index contributed by atoms with van der Waals surface area (Å²) >= 11 is 0. The average Bonchev–Trinajstić information content (AvgIpc) is 3.50. The van der Waals surface area contributed by atoms with E-state index in [1.807, 2.05) is 24.3 Å². The van der Waals surface area contributed by atoms with Crippen molar-refractivity contribution in [1.82, 2.24) is 19.7 Å². The van der Waals surface area contributed by atoms with Crippen LogP contribution >= 0.6 is 0 Å². The number of benzene rings is 1. The minimum absolute atomic E-state index is 0.00468. The number of carbonyl (C=O) groups is 1. The minimum atomic E-state index is 0.00468. The molecule has 1 aliphatic carbocycles. The van der Waals surface area contributed by atoms with Crippen molar-refractivity contribution in [3.63, 3.8) is 0 Å². The third kappa shape index (κ3) is 4.29. The molecule has 2 aliphatic rings. The Kier molecular flexibility index (Phi) is 5.50. The lowest BCUT2D eigenvalue weighted by molar-refractivity contribution is -0.121. The highest BCUT2D eigenvalue weighted by Gasteiger charge is 2.26. The molecule has 7 nitrogen and oxygen atoms in total. The molecule has 0 spiro atoms. The topological polar surface area (TPSA) is 78.2 Å². The van der Waals surface area contributed by atoms with Gasteiger partial charge in [-0.1, -0.05) is 18.2 Å². The molecule has 1 aromatic carbocycles. The number of aryl methyl sites for hydroxylation is 2. The summed E-state index contributed by atoms with van der Waals surface area (Å²) in [5.41, 5.74) is 1.04. The van der Waals surface area contributed by atoms with Crippen LogP contribution in [0.15, 0.2) is 29.1 Å². The third-order valence-corrected chi connectivity index (χ3v) is 5.72. The van der Waals surface area contributed by atoms with E-state index in [4.69, 9.17) is 4.74 Å². The number of amides is 1. The lowest BCUT2D eigenvalue weighted by atomic mass is 10.1. The molecule has 2 heterocycles. The molecule has 1 aliphatic heterocycles. The van der Waals surface area contributed by atoms with E-state index in [1.54, 1.807) is 16.4 Å². The molecule has 7 heteroatoms. The maximum absolute atomic E-state index is 12.5. The zero-order valence-corrected chi connectivity index (χ0v) is 16.4. The van der Waals surface area contributed by atoms with Crippen molar-refractivity contribution in [3.05, 3.63) is 46.1 Å². The molecule has 0 radical (unpaired) electrons. The summed E-state index contributed by atoms with van der Waals surface area (Å²) in [6.07, 6.45) is 5.80. The van der Waals surface area contributed by atoms with E-state index < -0.39 is 0 Å². The van der Waals surface area contributed by atoms with Gasteiger partial charge in [0.2, 0.25) is 5.91 Å². The van der Waals surface area contributed by atoms with Gasteiger partial charge < -0.3 is 10.1 Å². The second kappa shape index (κ2) is 8.20. The maximum atomic E-state index is 12.5. The van der Waals surface area contributed by atoms with Crippen LogP contribution in [0, 0.1) is 5.92 Å². The summed E-state index contributed by atoms with van der Waals surface area (Å²) in [5.74, 6) is 2.35. The van der Waals surface area contributed by atoms with E-state index in [0.29, 0.717) is 25.3 Å². The standard InChI is InChI=1S/C21H28N4O3/c1-28-18-5-3-2-4-16(18)8-11-20(26)22-17-9-10-19-23-25(14-15-6-7-15)21(27)24(19)13-12-17/h2-5,15,17H,6-14H2,1H3,(H,22,26). The number of rotatable bonds is 7. The van der Waals surface area contributed by atoms with Gasteiger partial charge in [0.1, 0.15) is 11.6 Å². The van der Waals surface area contributed by atoms with E-state index in [1.165, 1.54) is 12.8 Å². The predicted molar refractivity (Wildman–Crippen MR) is 105 cm³/mol. The molecule has 28 heavy (non-hydrogen) atoms. The first-order valence-corrected chi connectivity index (χ1v) is 10.2. The number of hydrogen-bond acceptors (Lipinski definition) is 4. The fraction of sp³-hybridized carbons (Fsp3) is 0.571. The fourth-order valence-corrected chi connectivity index (χ4v) is 3.89. The number of hydrogen-bond donors (Lipinski definition) is 1. The van der Waals surface area contributed by atoms with E-state index >= 15 is 0 Å². The summed E-state index contributed by atoms with van der Waals surface area (Å²) in [6.45, 7) is 1.37. The lowest BCUT2D eigenvalue weighted by Gasteiger charge is -2.16. The maximum Gasteiger partial charge on any atom is 0.345 e. The largest absolute Gasteiger partial charge is 0.496 e. The highest BCUT2D eigenvalue weighted by atomic mass is 16.5. The van der Waals surface area contributed by atoms with Gasteiger partial charge in [-0.15, -0.1) is 0 Å². The Balaban J connectivity index is 1.30. The Morgan fingerprint density at radius 2 is 2.07 bits per heavy atom. The van der Waals surface area contributed by atoms with E-state index in [0.717, 1.165) is 42.9 Å². The van der Waals surface area contributed by atoms with Crippen molar-refractivity contribution >= 4 is 5.91 Å². The first-order chi connectivity index (χ1) is 13.6. The normalized spacial score (nSPS) is 19.0. The highest BCUT2D eigenvalue weighted by molar-refractivity contribution is 5.76. The van der Waals surface area contributed by atoms with E-state index in [-0.39, 0.29) is 17.6 Å². The molecule has 1 N–H and O–H groups in total. The van der Waals surface area contributed by atoms with Gasteiger partial charge in [-0.2, -0.15) is 5.10 Å². The second-order valence-corrected chi connectivity index (χ2v) is 7.88. The van der Waals surface area contributed by atoms with Crippen LogP contribution in [-0.2, 0) is 30.7 Å². The van der Waals surface area contributed by atoms with Crippen LogP contribution in [0.2, 0.25) is 0 Å². The van der Waals surface area contributed by atoms with Gasteiger partial charge in [0.05, 0.1) is 7.11 Å². The summed E-state index contributed by atoms with van der Waals surface area (Å²) in [4.78, 5) is 25.0. The second-order valence-electron chi connectivity index (χ2n) is 7.88. The van der Waals surface area contributed by atoms with Crippen molar-refractivity contribution in [2.75, 3.05) is 7.11 Å². The van der Waals surface area contributed by atoms with Crippen molar-refractivity contribution in [1.29, 1.82) is 0 Å². The monoisotopic (exact) mass is 384 g/mol. The van der Waals surface area contributed by atoms with Gasteiger partial charge in [-0.3, -0.25) is 9.36 Å². The Morgan fingerprint density at radius 1 is 1.25 bits per heavy atom. The van der Waals surface area contributed by atoms with Crippen molar-refractivity contribution < 1.29 is 9.53 Å². The zero-order chi connectivity index (χ0) is 19.5. The molecular weight excluding hydrogens is 356 g/mol. The van der Waals surface area contributed by atoms with Gasteiger partial charge in [0.25, 0.3) is 0 Å². The summed E-state index contributed by atoms with van der Waals surface area (Å²) in [7, 11) is 1.65. The molecule has 1 fully saturated rings. The first-order valence-electron chi connectivity index (χ1n) is 10.2. The Labute approximate surface area is 164 Å².